The Hall–Kier alpha value is -0.610. The van der Waals surface area contributed by atoms with Crippen LogP contribution in [0.2, 0.25) is 0 Å². The SMILES string of the molecule is CCOCC(=O)NCCCOC(C)C. The molecule has 0 aromatic heterocycles. The Morgan fingerprint density at radius 2 is 2.14 bits per heavy atom. The molecule has 0 atom stereocenters. The summed E-state index contributed by atoms with van der Waals surface area (Å²) in [5.74, 6) is -0.0589. The van der Waals surface area contributed by atoms with Gasteiger partial charge in [0.2, 0.25) is 5.91 Å². The molecule has 0 aliphatic rings. The van der Waals surface area contributed by atoms with E-state index in [0.29, 0.717) is 19.8 Å². The van der Waals surface area contributed by atoms with Crippen LogP contribution in [0.1, 0.15) is 27.2 Å². The Bertz CT molecular complexity index is 148. The number of hydrogen-bond donors (Lipinski definition) is 1. The maximum absolute atomic E-state index is 11.0. The second-order valence-corrected chi connectivity index (χ2v) is 3.26. The molecule has 0 bridgehead atoms. The summed E-state index contributed by atoms with van der Waals surface area (Å²) in [6.07, 6.45) is 1.10. The zero-order chi connectivity index (χ0) is 10.8. The number of carbonyl (C=O) groups excluding carboxylic acids is 1. The van der Waals surface area contributed by atoms with Gasteiger partial charge in [0.25, 0.3) is 0 Å². The molecule has 0 aliphatic heterocycles. The number of nitrogens with one attached hydrogen (secondary N) is 1. The van der Waals surface area contributed by atoms with Crippen molar-refractivity contribution in [3.63, 3.8) is 0 Å². The highest BCUT2D eigenvalue weighted by atomic mass is 16.5. The van der Waals surface area contributed by atoms with Crippen molar-refractivity contribution < 1.29 is 14.3 Å². The molecule has 84 valence electrons. The maximum Gasteiger partial charge on any atom is 0.245 e. The van der Waals surface area contributed by atoms with Crippen LogP contribution in [0, 0.1) is 0 Å². The molecule has 0 spiro atoms. The Morgan fingerprint density at radius 3 is 2.71 bits per heavy atom. The zero-order valence-corrected chi connectivity index (χ0v) is 9.34. The molecule has 0 rings (SSSR count). The third-order valence-electron chi connectivity index (χ3n) is 1.53. The summed E-state index contributed by atoms with van der Waals surface area (Å²) in [6, 6.07) is 0. The van der Waals surface area contributed by atoms with Gasteiger partial charge in [-0.3, -0.25) is 4.79 Å². The minimum absolute atomic E-state index is 0.0589. The third-order valence-corrected chi connectivity index (χ3v) is 1.53. The molecule has 0 aromatic rings. The number of amides is 1. The predicted octanol–water partition coefficient (Wildman–Crippen LogP) is 0.954. The van der Waals surface area contributed by atoms with E-state index in [2.05, 4.69) is 5.32 Å². The third kappa shape index (κ3) is 9.48. The second kappa shape index (κ2) is 8.97. The minimum Gasteiger partial charge on any atom is -0.379 e. The Morgan fingerprint density at radius 1 is 1.43 bits per heavy atom. The summed E-state index contributed by atoms with van der Waals surface area (Å²) >= 11 is 0. The number of rotatable bonds is 8. The fraction of sp³-hybridized carbons (Fsp3) is 0.900. The van der Waals surface area contributed by atoms with E-state index >= 15 is 0 Å². The largest absolute Gasteiger partial charge is 0.379 e. The van der Waals surface area contributed by atoms with Crippen molar-refractivity contribution in [2.75, 3.05) is 26.4 Å². The van der Waals surface area contributed by atoms with Crippen LogP contribution < -0.4 is 5.32 Å². The Balaban J connectivity index is 3.15. The Kier molecular flexibility index (Phi) is 8.57. The van der Waals surface area contributed by atoms with Crippen LogP contribution in [-0.2, 0) is 14.3 Å². The average Bonchev–Trinajstić information content (AvgIpc) is 2.13. The van der Waals surface area contributed by atoms with Gasteiger partial charge in [0, 0.05) is 19.8 Å². The van der Waals surface area contributed by atoms with Crippen LogP contribution in [0.5, 0.6) is 0 Å². The van der Waals surface area contributed by atoms with Crippen molar-refractivity contribution in [1.82, 2.24) is 5.32 Å². The Labute approximate surface area is 86.0 Å². The maximum atomic E-state index is 11.0. The molecule has 0 fully saturated rings. The fourth-order valence-corrected chi connectivity index (χ4v) is 0.865. The van der Waals surface area contributed by atoms with Gasteiger partial charge in [0.1, 0.15) is 6.61 Å². The molecule has 1 amide bonds. The van der Waals surface area contributed by atoms with Gasteiger partial charge in [0.15, 0.2) is 0 Å². The minimum atomic E-state index is -0.0589. The summed E-state index contributed by atoms with van der Waals surface area (Å²) in [5, 5.41) is 2.75. The molecule has 0 unspecified atom stereocenters. The number of carbonyl (C=O) groups is 1. The first-order valence-electron chi connectivity index (χ1n) is 5.12. The molecule has 0 saturated carbocycles. The van der Waals surface area contributed by atoms with E-state index in [1.807, 2.05) is 20.8 Å². The van der Waals surface area contributed by atoms with Crippen molar-refractivity contribution in [2.24, 2.45) is 0 Å². The number of ether oxygens (including phenoxy) is 2. The topological polar surface area (TPSA) is 47.6 Å². The van der Waals surface area contributed by atoms with Crippen LogP contribution >= 0.6 is 0 Å². The van der Waals surface area contributed by atoms with E-state index in [1.165, 1.54) is 0 Å². The summed E-state index contributed by atoms with van der Waals surface area (Å²) < 4.78 is 10.3. The normalized spacial score (nSPS) is 10.6. The summed E-state index contributed by atoms with van der Waals surface area (Å²) in [4.78, 5) is 11.0. The smallest absolute Gasteiger partial charge is 0.245 e. The lowest BCUT2D eigenvalue weighted by molar-refractivity contribution is -0.125. The average molecular weight is 203 g/mol. The quantitative estimate of drug-likeness (QED) is 0.598. The molecule has 0 radical (unpaired) electrons. The van der Waals surface area contributed by atoms with Crippen molar-refractivity contribution >= 4 is 5.91 Å². The van der Waals surface area contributed by atoms with Crippen molar-refractivity contribution in [3.8, 4) is 0 Å². The molecule has 0 aliphatic carbocycles. The zero-order valence-electron chi connectivity index (χ0n) is 9.34. The molecule has 1 N–H and O–H groups in total. The number of hydrogen-bond acceptors (Lipinski definition) is 3. The standard InChI is InChI=1S/C10H21NO3/c1-4-13-8-10(12)11-6-5-7-14-9(2)3/h9H,4-8H2,1-3H3,(H,11,12). The first-order valence-corrected chi connectivity index (χ1v) is 5.12. The molecule has 0 aromatic carbocycles. The van der Waals surface area contributed by atoms with Gasteiger partial charge in [-0.05, 0) is 27.2 Å². The second-order valence-electron chi connectivity index (χ2n) is 3.26. The van der Waals surface area contributed by atoms with Gasteiger partial charge in [-0.2, -0.15) is 0 Å². The lowest BCUT2D eigenvalue weighted by Crippen LogP contribution is -2.29. The monoisotopic (exact) mass is 203 g/mol. The van der Waals surface area contributed by atoms with Crippen LogP contribution in [0.3, 0.4) is 0 Å². The van der Waals surface area contributed by atoms with Gasteiger partial charge in [-0.1, -0.05) is 0 Å². The highest BCUT2D eigenvalue weighted by molar-refractivity contribution is 5.77. The lowest BCUT2D eigenvalue weighted by atomic mass is 10.4. The van der Waals surface area contributed by atoms with E-state index in [4.69, 9.17) is 9.47 Å². The summed E-state index contributed by atoms with van der Waals surface area (Å²) in [7, 11) is 0. The summed E-state index contributed by atoms with van der Waals surface area (Å²) in [6.45, 7) is 7.92. The van der Waals surface area contributed by atoms with E-state index in [-0.39, 0.29) is 18.6 Å². The lowest BCUT2D eigenvalue weighted by Gasteiger charge is -2.08. The van der Waals surface area contributed by atoms with E-state index in [1.54, 1.807) is 0 Å². The van der Waals surface area contributed by atoms with Crippen LogP contribution in [0.15, 0.2) is 0 Å². The van der Waals surface area contributed by atoms with Crippen molar-refractivity contribution in [2.45, 2.75) is 33.3 Å². The van der Waals surface area contributed by atoms with Crippen molar-refractivity contribution in [1.29, 1.82) is 0 Å². The van der Waals surface area contributed by atoms with Crippen LogP contribution in [0.25, 0.3) is 0 Å². The first kappa shape index (κ1) is 13.4. The first-order chi connectivity index (χ1) is 6.66. The van der Waals surface area contributed by atoms with E-state index in [0.717, 1.165) is 6.42 Å². The summed E-state index contributed by atoms with van der Waals surface area (Å²) in [5.41, 5.74) is 0. The van der Waals surface area contributed by atoms with Gasteiger partial charge in [0.05, 0.1) is 6.10 Å². The van der Waals surface area contributed by atoms with E-state index < -0.39 is 0 Å². The molecular weight excluding hydrogens is 182 g/mol. The fourth-order valence-electron chi connectivity index (χ4n) is 0.865. The molecule has 14 heavy (non-hydrogen) atoms. The molecule has 0 heterocycles. The van der Waals surface area contributed by atoms with Crippen LogP contribution in [-0.4, -0.2) is 38.4 Å². The predicted molar refractivity (Wildman–Crippen MR) is 55.2 cm³/mol. The van der Waals surface area contributed by atoms with Gasteiger partial charge >= 0.3 is 0 Å². The van der Waals surface area contributed by atoms with Gasteiger partial charge in [-0.25, -0.2) is 0 Å². The van der Waals surface area contributed by atoms with Crippen LogP contribution in [0.4, 0.5) is 0 Å². The highest BCUT2D eigenvalue weighted by Gasteiger charge is 1.99. The van der Waals surface area contributed by atoms with E-state index in [9.17, 15) is 4.79 Å². The van der Waals surface area contributed by atoms with Gasteiger partial charge in [-0.15, -0.1) is 0 Å². The van der Waals surface area contributed by atoms with Gasteiger partial charge < -0.3 is 14.8 Å². The molecule has 4 nitrogen and oxygen atoms in total. The highest BCUT2D eigenvalue weighted by Crippen LogP contribution is 1.89. The van der Waals surface area contributed by atoms with Crippen molar-refractivity contribution in [3.05, 3.63) is 0 Å². The molecular formula is C10H21NO3. The molecule has 4 heteroatoms. The molecule has 0 saturated heterocycles.